The van der Waals surface area contributed by atoms with Crippen LogP contribution >= 0.6 is 31.9 Å². The molecule has 6 nitrogen and oxygen atoms in total. The average molecular weight is 586 g/mol. The van der Waals surface area contributed by atoms with Crippen LogP contribution in [0.5, 0.6) is 17.2 Å². The van der Waals surface area contributed by atoms with E-state index in [1.54, 1.807) is 24.3 Å². The second kappa shape index (κ2) is 11.7. The summed E-state index contributed by atoms with van der Waals surface area (Å²) in [5, 5.41) is 12.4. The molecule has 0 heterocycles. The van der Waals surface area contributed by atoms with Crippen LogP contribution in [0.4, 0.5) is 5.69 Å². The Morgan fingerprint density at radius 3 is 2.38 bits per heavy atom. The molecule has 0 aliphatic carbocycles. The summed E-state index contributed by atoms with van der Waals surface area (Å²) in [5.74, 6) is 0.954. The van der Waals surface area contributed by atoms with Crippen molar-refractivity contribution >= 4 is 49.5 Å². The molecule has 3 aromatic rings. The van der Waals surface area contributed by atoms with Gasteiger partial charge in [-0.15, -0.1) is 0 Å². The standard InChI is InChI=1S/C26H22Br2N2O4/c1-16-4-9-23(32-2)22(10-16)30-26(31)19(14-29)11-18-12-21(28)25(24(13-18)33-3)34-15-17-5-7-20(27)8-6-17/h4-13H,15H2,1-3H3,(H,30,31)/b19-11+. The van der Waals surface area contributed by atoms with Crippen LogP contribution in [-0.4, -0.2) is 20.1 Å². The molecule has 0 saturated carbocycles. The van der Waals surface area contributed by atoms with E-state index in [2.05, 4.69) is 37.2 Å². The van der Waals surface area contributed by atoms with Crippen molar-refractivity contribution in [2.75, 3.05) is 19.5 Å². The van der Waals surface area contributed by atoms with Crippen LogP contribution in [0.25, 0.3) is 6.08 Å². The van der Waals surface area contributed by atoms with E-state index in [1.807, 2.05) is 43.3 Å². The highest BCUT2D eigenvalue weighted by Gasteiger charge is 2.16. The summed E-state index contributed by atoms with van der Waals surface area (Å²) in [5.41, 5.74) is 2.97. The van der Waals surface area contributed by atoms with E-state index in [4.69, 9.17) is 14.2 Å². The van der Waals surface area contributed by atoms with Crippen LogP contribution in [0, 0.1) is 18.3 Å². The minimum Gasteiger partial charge on any atom is -0.495 e. The molecule has 1 amide bonds. The van der Waals surface area contributed by atoms with Crippen molar-refractivity contribution in [2.45, 2.75) is 13.5 Å². The number of carbonyl (C=O) groups excluding carboxylic acids is 1. The number of hydrogen-bond donors (Lipinski definition) is 1. The van der Waals surface area contributed by atoms with Gasteiger partial charge >= 0.3 is 0 Å². The number of amides is 1. The Labute approximate surface area is 215 Å². The average Bonchev–Trinajstić information content (AvgIpc) is 2.82. The largest absolute Gasteiger partial charge is 0.495 e. The number of ether oxygens (including phenoxy) is 3. The highest BCUT2D eigenvalue weighted by atomic mass is 79.9. The minimum absolute atomic E-state index is 0.0685. The molecular formula is C26H22Br2N2O4. The Kier molecular flexibility index (Phi) is 8.74. The monoisotopic (exact) mass is 584 g/mol. The number of nitrogens with zero attached hydrogens (tertiary/aromatic N) is 1. The van der Waals surface area contributed by atoms with Gasteiger partial charge in [0, 0.05) is 4.47 Å². The number of methoxy groups -OCH3 is 2. The molecule has 0 unspecified atom stereocenters. The van der Waals surface area contributed by atoms with E-state index in [9.17, 15) is 10.1 Å². The first-order valence-corrected chi connectivity index (χ1v) is 11.8. The fourth-order valence-corrected chi connectivity index (χ4v) is 3.96. The zero-order chi connectivity index (χ0) is 24.7. The molecule has 0 spiro atoms. The van der Waals surface area contributed by atoms with Gasteiger partial charge in [0.1, 0.15) is 24.0 Å². The number of rotatable bonds is 8. The summed E-state index contributed by atoms with van der Waals surface area (Å²) in [7, 11) is 3.05. The fourth-order valence-electron chi connectivity index (χ4n) is 3.12. The Morgan fingerprint density at radius 2 is 1.74 bits per heavy atom. The third-order valence-corrected chi connectivity index (χ3v) is 5.95. The topological polar surface area (TPSA) is 80.6 Å². The Balaban J connectivity index is 1.83. The van der Waals surface area contributed by atoms with Crippen LogP contribution in [0.1, 0.15) is 16.7 Å². The molecule has 0 fully saturated rings. The summed E-state index contributed by atoms with van der Waals surface area (Å²) in [6.45, 7) is 2.25. The third kappa shape index (κ3) is 6.40. The first-order chi connectivity index (χ1) is 16.3. The molecule has 34 heavy (non-hydrogen) atoms. The van der Waals surface area contributed by atoms with Crippen LogP contribution in [0.15, 0.2) is 69.1 Å². The molecule has 0 aliphatic heterocycles. The van der Waals surface area contributed by atoms with Gasteiger partial charge in [0.15, 0.2) is 11.5 Å². The Bertz CT molecular complexity index is 1270. The second-order valence-electron chi connectivity index (χ2n) is 7.28. The van der Waals surface area contributed by atoms with Crippen LogP contribution < -0.4 is 19.5 Å². The van der Waals surface area contributed by atoms with E-state index < -0.39 is 5.91 Å². The number of halogens is 2. The zero-order valence-electron chi connectivity index (χ0n) is 18.8. The summed E-state index contributed by atoms with van der Waals surface area (Å²) in [6.07, 6.45) is 1.49. The maximum Gasteiger partial charge on any atom is 0.266 e. The predicted octanol–water partition coefficient (Wildman–Crippen LogP) is 6.66. The Morgan fingerprint density at radius 1 is 1.03 bits per heavy atom. The summed E-state index contributed by atoms with van der Waals surface area (Å²) < 4.78 is 18.4. The van der Waals surface area contributed by atoms with Gasteiger partial charge in [-0.25, -0.2) is 0 Å². The molecule has 0 radical (unpaired) electrons. The lowest BCUT2D eigenvalue weighted by atomic mass is 10.1. The molecule has 0 atom stereocenters. The quantitative estimate of drug-likeness (QED) is 0.236. The van der Waals surface area contributed by atoms with E-state index >= 15 is 0 Å². The third-order valence-electron chi connectivity index (χ3n) is 4.83. The number of benzene rings is 3. The summed E-state index contributed by atoms with van der Waals surface area (Å²) >= 11 is 6.93. The lowest BCUT2D eigenvalue weighted by Gasteiger charge is -2.14. The number of hydrogen-bond acceptors (Lipinski definition) is 5. The number of aryl methyl sites for hydroxylation is 1. The Hall–Kier alpha value is -3.28. The normalized spacial score (nSPS) is 10.9. The predicted molar refractivity (Wildman–Crippen MR) is 139 cm³/mol. The van der Waals surface area contributed by atoms with Gasteiger partial charge in [0.05, 0.1) is 24.4 Å². The van der Waals surface area contributed by atoms with E-state index in [1.165, 1.54) is 20.3 Å². The number of carbonyl (C=O) groups is 1. The number of anilines is 1. The lowest BCUT2D eigenvalue weighted by Crippen LogP contribution is -2.14. The summed E-state index contributed by atoms with van der Waals surface area (Å²) in [4.78, 5) is 12.8. The molecule has 3 rings (SSSR count). The number of nitriles is 1. The number of nitrogens with one attached hydrogen (secondary N) is 1. The molecule has 8 heteroatoms. The molecule has 3 aromatic carbocycles. The van der Waals surface area contributed by atoms with Crippen LogP contribution in [0.2, 0.25) is 0 Å². The SMILES string of the molecule is COc1ccc(C)cc1NC(=O)/C(C#N)=C/c1cc(Br)c(OCc2ccc(Br)cc2)c(OC)c1. The molecule has 0 aromatic heterocycles. The zero-order valence-corrected chi connectivity index (χ0v) is 22.0. The minimum atomic E-state index is -0.544. The lowest BCUT2D eigenvalue weighted by molar-refractivity contribution is -0.112. The molecular weight excluding hydrogens is 564 g/mol. The van der Waals surface area contributed by atoms with Crippen molar-refractivity contribution in [1.82, 2.24) is 0 Å². The van der Waals surface area contributed by atoms with E-state index in [0.29, 0.717) is 39.6 Å². The van der Waals surface area contributed by atoms with Gasteiger partial charge in [-0.3, -0.25) is 4.79 Å². The molecule has 0 saturated heterocycles. The maximum atomic E-state index is 12.8. The van der Waals surface area contributed by atoms with Crippen molar-refractivity contribution in [3.05, 3.63) is 85.8 Å². The molecule has 0 bridgehead atoms. The van der Waals surface area contributed by atoms with Gasteiger partial charge in [-0.1, -0.05) is 34.1 Å². The van der Waals surface area contributed by atoms with Gasteiger partial charge in [0.2, 0.25) is 0 Å². The van der Waals surface area contributed by atoms with Crippen LogP contribution in [0.3, 0.4) is 0 Å². The van der Waals surface area contributed by atoms with Crippen molar-refractivity contribution in [2.24, 2.45) is 0 Å². The summed E-state index contributed by atoms with van der Waals surface area (Å²) in [6, 6.07) is 18.7. The first-order valence-electron chi connectivity index (χ1n) is 10.2. The van der Waals surface area contributed by atoms with Crippen molar-refractivity contribution in [1.29, 1.82) is 5.26 Å². The molecule has 0 aliphatic rings. The molecule has 1 N–H and O–H groups in total. The van der Waals surface area contributed by atoms with Crippen molar-refractivity contribution in [3.63, 3.8) is 0 Å². The van der Waals surface area contributed by atoms with Crippen molar-refractivity contribution < 1.29 is 19.0 Å². The van der Waals surface area contributed by atoms with Crippen molar-refractivity contribution in [3.8, 4) is 23.3 Å². The fraction of sp³-hybridized carbons (Fsp3) is 0.154. The van der Waals surface area contributed by atoms with Crippen LogP contribution in [-0.2, 0) is 11.4 Å². The highest BCUT2D eigenvalue weighted by molar-refractivity contribution is 9.10. The smallest absolute Gasteiger partial charge is 0.266 e. The second-order valence-corrected chi connectivity index (χ2v) is 9.05. The van der Waals surface area contributed by atoms with Gasteiger partial charge in [0.25, 0.3) is 5.91 Å². The first kappa shape index (κ1) is 25.3. The van der Waals surface area contributed by atoms with Gasteiger partial charge in [-0.2, -0.15) is 5.26 Å². The maximum absolute atomic E-state index is 12.8. The van der Waals surface area contributed by atoms with E-state index in [0.717, 1.165) is 15.6 Å². The van der Waals surface area contributed by atoms with Gasteiger partial charge < -0.3 is 19.5 Å². The highest BCUT2D eigenvalue weighted by Crippen LogP contribution is 2.38. The van der Waals surface area contributed by atoms with Gasteiger partial charge in [-0.05, 0) is 82.0 Å². The van der Waals surface area contributed by atoms with E-state index in [-0.39, 0.29) is 5.57 Å². The molecule has 174 valence electrons.